The second-order valence-corrected chi connectivity index (χ2v) is 3.35. The lowest BCUT2D eigenvalue weighted by molar-refractivity contribution is -0.138. The number of hydrogen-bond acceptors (Lipinski definition) is 4. The van der Waals surface area contributed by atoms with E-state index in [1.54, 1.807) is 6.92 Å². The summed E-state index contributed by atoms with van der Waals surface area (Å²) in [6.07, 6.45) is -0.596. The minimum absolute atomic E-state index is 0.227. The van der Waals surface area contributed by atoms with Gasteiger partial charge in [0.1, 0.15) is 0 Å². The quantitative estimate of drug-likeness (QED) is 0.457. The van der Waals surface area contributed by atoms with Crippen molar-refractivity contribution in [3.8, 4) is 0 Å². The van der Waals surface area contributed by atoms with Crippen molar-refractivity contribution >= 4 is 5.97 Å². The Balaban J connectivity index is 4.46. The lowest BCUT2D eigenvalue weighted by Crippen LogP contribution is -2.62. The molecular formula is C8H18N2O3. The fourth-order valence-corrected chi connectivity index (χ4v) is 1.25. The first kappa shape index (κ1) is 12.3. The molecule has 0 fully saturated rings. The highest BCUT2D eigenvalue weighted by atomic mass is 16.4. The topological polar surface area (TPSA) is 110 Å². The van der Waals surface area contributed by atoms with Crippen molar-refractivity contribution in [1.82, 2.24) is 0 Å². The summed E-state index contributed by atoms with van der Waals surface area (Å²) in [6, 6.07) is -0.727. The van der Waals surface area contributed by atoms with Crippen LogP contribution in [0.1, 0.15) is 26.7 Å². The maximum Gasteiger partial charge on any atom is 0.304 e. The van der Waals surface area contributed by atoms with Gasteiger partial charge in [-0.05, 0) is 13.3 Å². The van der Waals surface area contributed by atoms with E-state index in [1.807, 2.05) is 0 Å². The zero-order valence-electron chi connectivity index (χ0n) is 8.03. The molecule has 0 rings (SSSR count). The van der Waals surface area contributed by atoms with Crippen molar-refractivity contribution in [2.24, 2.45) is 11.5 Å². The molecular weight excluding hydrogens is 172 g/mol. The molecule has 3 atom stereocenters. The van der Waals surface area contributed by atoms with Crippen molar-refractivity contribution in [3.63, 3.8) is 0 Å². The Kier molecular flexibility index (Phi) is 4.32. The molecule has 0 radical (unpaired) electrons. The van der Waals surface area contributed by atoms with E-state index in [0.29, 0.717) is 6.42 Å². The largest absolute Gasteiger partial charge is 0.481 e. The molecule has 13 heavy (non-hydrogen) atoms. The van der Waals surface area contributed by atoms with E-state index in [4.69, 9.17) is 16.6 Å². The monoisotopic (exact) mass is 190 g/mol. The Morgan fingerprint density at radius 1 is 1.62 bits per heavy atom. The zero-order chi connectivity index (χ0) is 10.6. The molecule has 0 saturated carbocycles. The Labute approximate surface area is 77.7 Å². The van der Waals surface area contributed by atoms with Crippen LogP contribution in [0.3, 0.4) is 0 Å². The normalized spacial score (nSPS) is 20.4. The Hall–Kier alpha value is -0.650. The molecule has 0 aromatic carbocycles. The molecule has 0 aliphatic heterocycles. The van der Waals surface area contributed by atoms with E-state index in [-0.39, 0.29) is 6.42 Å². The van der Waals surface area contributed by atoms with Crippen LogP contribution in [0.5, 0.6) is 0 Å². The molecule has 5 nitrogen and oxygen atoms in total. The van der Waals surface area contributed by atoms with Crippen molar-refractivity contribution in [1.29, 1.82) is 0 Å². The van der Waals surface area contributed by atoms with E-state index in [9.17, 15) is 9.90 Å². The summed E-state index contributed by atoms with van der Waals surface area (Å²) >= 11 is 0. The van der Waals surface area contributed by atoms with Gasteiger partial charge in [-0.1, -0.05) is 6.92 Å². The fourth-order valence-electron chi connectivity index (χ4n) is 1.25. The van der Waals surface area contributed by atoms with Crippen LogP contribution in [0.15, 0.2) is 0 Å². The number of aliphatic hydroxyl groups excluding tert-OH is 1. The van der Waals surface area contributed by atoms with Gasteiger partial charge in [0.05, 0.1) is 18.1 Å². The zero-order valence-corrected chi connectivity index (χ0v) is 8.03. The molecule has 0 spiro atoms. The van der Waals surface area contributed by atoms with Gasteiger partial charge in [0.15, 0.2) is 0 Å². The van der Waals surface area contributed by atoms with Crippen molar-refractivity contribution in [3.05, 3.63) is 0 Å². The smallest absolute Gasteiger partial charge is 0.304 e. The third-order valence-electron chi connectivity index (χ3n) is 2.48. The maximum absolute atomic E-state index is 10.4. The Morgan fingerprint density at radius 2 is 2.08 bits per heavy atom. The maximum atomic E-state index is 10.4. The lowest BCUT2D eigenvalue weighted by Gasteiger charge is -2.36. The second kappa shape index (κ2) is 4.55. The SMILES string of the molecule is CCC(N)(C(C)O)C(N)CC(=O)O. The van der Waals surface area contributed by atoms with Crippen LogP contribution in [0.25, 0.3) is 0 Å². The van der Waals surface area contributed by atoms with Crippen molar-refractivity contribution in [2.45, 2.75) is 44.4 Å². The van der Waals surface area contributed by atoms with Crippen LogP contribution < -0.4 is 11.5 Å². The minimum Gasteiger partial charge on any atom is -0.481 e. The molecule has 0 saturated heterocycles. The van der Waals surface area contributed by atoms with Crippen LogP contribution in [0.4, 0.5) is 0 Å². The fraction of sp³-hybridized carbons (Fsp3) is 0.875. The molecule has 0 aromatic rings. The number of carbonyl (C=O) groups is 1. The van der Waals surface area contributed by atoms with E-state index >= 15 is 0 Å². The molecule has 0 bridgehead atoms. The Bertz CT molecular complexity index is 184. The van der Waals surface area contributed by atoms with Crippen LogP contribution >= 0.6 is 0 Å². The summed E-state index contributed by atoms with van der Waals surface area (Å²) in [6.45, 7) is 3.29. The molecule has 0 aliphatic carbocycles. The van der Waals surface area contributed by atoms with E-state index in [0.717, 1.165) is 0 Å². The molecule has 0 aliphatic rings. The summed E-state index contributed by atoms with van der Waals surface area (Å²) in [4.78, 5) is 10.4. The Morgan fingerprint density at radius 3 is 2.31 bits per heavy atom. The first-order chi connectivity index (χ1) is 5.84. The number of aliphatic hydroxyl groups is 1. The highest BCUT2D eigenvalue weighted by Crippen LogP contribution is 2.17. The second-order valence-electron chi connectivity index (χ2n) is 3.35. The summed E-state index contributed by atoms with van der Waals surface area (Å²) in [5.74, 6) is -1.00. The van der Waals surface area contributed by atoms with Gasteiger partial charge in [0.2, 0.25) is 0 Å². The van der Waals surface area contributed by atoms with Gasteiger partial charge in [-0.15, -0.1) is 0 Å². The molecule has 0 aromatic heterocycles. The van der Waals surface area contributed by atoms with Gasteiger partial charge in [-0.25, -0.2) is 0 Å². The molecule has 0 heterocycles. The van der Waals surface area contributed by atoms with Gasteiger partial charge >= 0.3 is 5.97 Å². The summed E-state index contributed by atoms with van der Waals surface area (Å²) in [5, 5.41) is 17.9. The third-order valence-corrected chi connectivity index (χ3v) is 2.48. The molecule has 78 valence electrons. The van der Waals surface area contributed by atoms with Crippen molar-refractivity contribution < 1.29 is 15.0 Å². The molecule has 3 unspecified atom stereocenters. The van der Waals surface area contributed by atoms with E-state index < -0.39 is 23.7 Å². The highest BCUT2D eigenvalue weighted by molar-refractivity contribution is 5.67. The predicted octanol–water partition coefficient (Wildman–Crippen LogP) is -0.723. The summed E-state index contributed by atoms with van der Waals surface area (Å²) in [5.41, 5.74) is 10.4. The van der Waals surface area contributed by atoms with Crippen LogP contribution in [0, 0.1) is 0 Å². The molecule has 6 N–H and O–H groups in total. The predicted molar refractivity (Wildman–Crippen MR) is 49.1 cm³/mol. The van der Waals surface area contributed by atoms with E-state index in [1.165, 1.54) is 6.92 Å². The van der Waals surface area contributed by atoms with Gasteiger partial charge in [0, 0.05) is 6.04 Å². The first-order valence-corrected chi connectivity index (χ1v) is 4.29. The van der Waals surface area contributed by atoms with Crippen molar-refractivity contribution in [2.75, 3.05) is 0 Å². The lowest BCUT2D eigenvalue weighted by atomic mass is 9.82. The van der Waals surface area contributed by atoms with Gasteiger partial charge in [-0.3, -0.25) is 4.79 Å². The van der Waals surface area contributed by atoms with E-state index in [2.05, 4.69) is 0 Å². The number of rotatable bonds is 5. The number of hydrogen-bond donors (Lipinski definition) is 4. The first-order valence-electron chi connectivity index (χ1n) is 4.29. The standard InChI is InChI=1S/C8H18N2O3/c1-3-8(10,5(2)11)6(9)4-7(12)13/h5-6,11H,3-4,9-10H2,1-2H3,(H,12,13). The molecule has 0 amide bonds. The van der Waals surface area contributed by atoms with Crippen LogP contribution in [-0.4, -0.2) is 33.9 Å². The highest BCUT2D eigenvalue weighted by Gasteiger charge is 2.36. The number of carboxylic acid groups (broad SMARTS) is 1. The summed E-state index contributed by atoms with van der Waals surface area (Å²) < 4.78 is 0. The van der Waals surface area contributed by atoms with Crippen LogP contribution in [-0.2, 0) is 4.79 Å². The van der Waals surface area contributed by atoms with Crippen LogP contribution in [0.2, 0.25) is 0 Å². The number of aliphatic carboxylic acids is 1. The molecule has 5 heteroatoms. The average Bonchev–Trinajstić information content (AvgIpc) is 2.01. The summed E-state index contributed by atoms with van der Waals surface area (Å²) in [7, 11) is 0. The average molecular weight is 190 g/mol. The number of nitrogens with two attached hydrogens (primary N) is 2. The van der Waals surface area contributed by atoms with Gasteiger partial charge < -0.3 is 21.7 Å². The van der Waals surface area contributed by atoms with Gasteiger partial charge in [-0.2, -0.15) is 0 Å². The van der Waals surface area contributed by atoms with Gasteiger partial charge in [0.25, 0.3) is 0 Å². The third kappa shape index (κ3) is 2.95. The minimum atomic E-state index is -1.02. The number of carboxylic acids is 1.